The molecule has 3 aromatic rings. The summed E-state index contributed by atoms with van der Waals surface area (Å²) in [6, 6.07) is 21.3. The van der Waals surface area contributed by atoms with Crippen molar-refractivity contribution in [3.05, 3.63) is 77.9 Å². The molecular formula is C25H22N4O3. The van der Waals surface area contributed by atoms with Crippen LogP contribution in [0, 0.1) is 17.2 Å². The number of amides is 1. The highest BCUT2D eigenvalue weighted by atomic mass is 16.6. The molecule has 3 N–H and O–H groups in total. The number of anilines is 1. The maximum absolute atomic E-state index is 12.9. The minimum Gasteiger partial charge on any atom is -0.486 e. The lowest BCUT2D eigenvalue weighted by Crippen LogP contribution is -2.25. The molecular weight excluding hydrogens is 404 g/mol. The van der Waals surface area contributed by atoms with Crippen LogP contribution in [-0.4, -0.2) is 25.7 Å². The van der Waals surface area contributed by atoms with Crippen LogP contribution in [0.15, 0.2) is 72.3 Å². The number of rotatable bonds is 4. The van der Waals surface area contributed by atoms with Gasteiger partial charge in [-0.25, -0.2) is 5.43 Å². The highest BCUT2D eigenvalue weighted by molar-refractivity contribution is 6.10. The Morgan fingerprint density at radius 3 is 2.75 bits per heavy atom. The lowest BCUT2D eigenvalue weighted by molar-refractivity contribution is -0.112. The van der Waals surface area contributed by atoms with Crippen LogP contribution >= 0.6 is 0 Å². The maximum atomic E-state index is 12.9. The fourth-order valence-corrected chi connectivity index (χ4v) is 4.15. The van der Waals surface area contributed by atoms with Crippen LogP contribution in [0.3, 0.4) is 0 Å². The molecule has 7 nitrogen and oxygen atoms in total. The van der Waals surface area contributed by atoms with Gasteiger partial charge >= 0.3 is 0 Å². The van der Waals surface area contributed by atoms with Crippen LogP contribution in [0.1, 0.15) is 11.6 Å². The minimum absolute atomic E-state index is 0.0796. The molecule has 32 heavy (non-hydrogen) atoms. The first-order valence-corrected chi connectivity index (χ1v) is 10.5. The molecule has 5 rings (SSSR count). The summed E-state index contributed by atoms with van der Waals surface area (Å²) in [7, 11) is 0. The van der Waals surface area contributed by atoms with Gasteiger partial charge < -0.3 is 14.8 Å². The van der Waals surface area contributed by atoms with Gasteiger partial charge in [0.15, 0.2) is 11.5 Å². The number of hydrogen-bond acceptors (Lipinski definition) is 6. The Kier molecular flexibility index (Phi) is 5.46. The average molecular weight is 426 g/mol. The second-order valence-electron chi connectivity index (χ2n) is 7.74. The van der Waals surface area contributed by atoms with Crippen LogP contribution in [-0.2, 0) is 4.79 Å². The number of nitriles is 1. The summed E-state index contributed by atoms with van der Waals surface area (Å²) in [5.41, 5.74) is 8.13. The van der Waals surface area contributed by atoms with Crippen molar-refractivity contribution >= 4 is 22.4 Å². The summed E-state index contributed by atoms with van der Waals surface area (Å²) in [5, 5.41) is 14.6. The summed E-state index contributed by atoms with van der Waals surface area (Å²) in [5.74, 6) is 0.923. The molecule has 160 valence electrons. The van der Waals surface area contributed by atoms with E-state index in [4.69, 9.17) is 9.47 Å². The number of nitrogens with one attached hydrogen (secondary N) is 3. The first kappa shape index (κ1) is 20.1. The third-order valence-corrected chi connectivity index (χ3v) is 5.73. The molecule has 0 aromatic heterocycles. The molecule has 2 aliphatic heterocycles. The quantitative estimate of drug-likeness (QED) is 0.437. The monoisotopic (exact) mass is 426 g/mol. The molecule has 7 heteroatoms. The predicted molar refractivity (Wildman–Crippen MR) is 121 cm³/mol. The van der Waals surface area contributed by atoms with E-state index in [-0.39, 0.29) is 17.5 Å². The Morgan fingerprint density at radius 2 is 1.88 bits per heavy atom. The largest absolute Gasteiger partial charge is 0.486 e. The van der Waals surface area contributed by atoms with Crippen molar-refractivity contribution in [1.82, 2.24) is 10.9 Å². The Morgan fingerprint density at radius 1 is 1.06 bits per heavy atom. The molecule has 2 aliphatic rings. The van der Waals surface area contributed by atoms with Gasteiger partial charge in [0.1, 0.15) is 24.9 Å². The van der Waals surface area contributed by atoms with E-state index in [1.165, 1.54) is 0 Å². The maximum Gasteiger partial charge on any atom is 0.266 e. The summed E-state index contributed by atoms with van der Waals surface area (Å²) < 4.78 is 11.3. The van der Waals surface area contributed by atoms with Crippen molar-refractivity contribution in [3.8, 4) is 17.6 Å². The second-order valence-corrected chi connectivity index (χ2v) is 7.74. The van der Waals surface area contributed by atoms with Crippen molar-refractivity contribution in [2.75, 3.05) is 25.1 Å². The first-order valence-electron chi connectivity index (χ1n) is 10.5. The number of carbonyl (C=O) groups is 1. The average Bonchev–Trinajstić information content (AvgIpc) is 3.30. The fourth-order valence-electron chi connectivity index (χ4n) is 4.15. The Bertz CT molecular complexity index is 1240. The molecule has 0 radical (unpaired) electrons. The summed E-state index contributed by atoms with van der Waals surface area (Å²) in [4.78, 5) is 12.9. The Balaban J connectivity index is 1.38. The first-order chi connectivity index (χ1) is 15.7. The molecule has 1 fully saturated rings. The summed E-state index contributed by atoms with van der Waals surface area (Å²) in [6.07, 6.45) is 1.73. The lowest BCUT2D eigenvalue weighted by Gasteiger charge is -2.22. The van der Waals surface area contributed by atoms with Gasteiger partial charge in [-0.2, -0.15) is 5.26 Å². The van der Waals surface area contributed by atoms with Crippen LogP contribution in [0.4, 0.5) is 5.69 Å². The van der Waals surface area contributed by atoms with Crippen LogP contribution < -0.4 is 25.6 Å². The van der Waals surface area contributed by atoms with E-state index in [0.717, 1.165) is 22.1 Å². The highest BCUT2D eigenvalue weighted by Crippen LogP contribution is 2.36. The summed E-state index contributed by atoms with van der Waals surface area (Å²) in [6.45, 7) is 1.65. The number of hydrogen-bond donors (Lipinski definition) is 3. The van der Waals surface area contributed by atoms with Crippen molar-refractivity contribution < 1.29 is 14.3 Å². The van der Waals surface area contributed by atoms with Gasteiger partial charge in [-0.05, 0) is 29.1 Å². The zero-order valence-corrected chi connectivity index (χ0v) is 17.3. The highest BCUT2D eigenvalue weighted by Gasteiger charge is 2.29. The van der Waals surface area contributed by atoms with Crippen molar-refractivity contribution in [3.63, 3.8) is 0 Å². The third-order valence-electron chi connectivity index (χ3n) is 5.73. The molecule has 0 bridgehead atoms. The smallest absolute Gasteiger partial charge is 0.266 e. The van der Waals surface area contributed by atoms with Gasteiger partial charge in [0.2, 0.25) is 0 Å². The van der Waals surface area contributed by atoms with Gasteiger partial charge in [-0.3, -0.25) is 10.2 Å². The minimum atomic E-state index is -0.420. The molecule has 2 atom stereocenters. The van der Waals surface area contributed by atoms with Crippen LogP contribution in [0.2, 0.25) is 0 Å². The molecule has 1 saturated heterocycles. The third kappa shape index (κ3) is 3.89. The van der Waals surface area contributed by atoms with Gasteiger partial charge in [-0.15, -0.1) is 0 Å². The van der Waals surface area contributed by atoms with Gasteiger partial charge in [0.25, 0.3) is 5.91 Å². The lowest BCUT2D eigenvalue weighted by atomic mass is 9.92. The normalized spacial score (nSPS) is 20.0. The van der Waals surface area contributed by atoms with E-state index in [1.807, 2.05) is 60.7 Å². The predicted octanol–water partition coefficient (Wildman–Crippen LogP) is 3.46. The van der Waals surface area contributed by atoms with Gasteiger partial charge in [0, 0.05) is 23.5 Å². The molecule has 0 aliphatic carbocycles. The Hall–Kier alpha value is -3.86. The van der Waals surface area contributed by atoms with Gasteiger partial charge in [-0.1, -0.05) is 48.5 Å². The number of benzene rings is 3. The number of nitrogens with zero attached hydrogens (tertiary/aromatic N) is 1. The van der Waals surface area contributed by atoms with Gasteiger partial charge in [0.05, 0.1) is 6.04 Å². The Labute approximate surface area is 185 Å². The number of carbonyl (C=O) groups excluding carboxylic acids is 1. The van der Waals surface area contributed by atoms with E-state index in [9.17, 15) is 10.1 Å². The van der Waals surface area contributed by atoms with E-state index >= 15 is 0 Å². The van der Waals surface area contributed by atoms with E-state index in [1.54, 1.807) is 6.08 Å². The van der Waals surface area contributed by atoms with Crippen molar-refractivity contribution in [2.45, 2.75) is 6.04 Å². The molecule has 0 spiro atoms. The number of ether oxygens (including phenoxy) is 2. The fraction of sp³-hybridized carbons (Fsp3) is 0.200. The van der Waals surface area contributed by atoms with Crippen molar-refractivity contribution in [1.29, 1.82) is 5.26 Å². The topological polar surface area (TPSA) is 95.4 Å². The number of fused-ring (bicyclic) bond motifs is 2. The zero-order chi connectivity index (χ0) is 21.9. The molecule has 2 unspecified atom stereocenters. The molecule has 1 amide bonds. The van der Waals surface area contributed by atoms with E-state index in [2.05, 4.69) is 22.2 Å². The van der Waals surface area contributed by atoms with Crippen molar-refractivity contribution in [2.24, 2.45) is 5.92 Å². The standard InChI is InChI=1S/C25H22N4O3/c26-14-18(25(30)28-21-7-3-5-16-4-1-2-6-20(16)21)12-19-15-27-29-24(19)17-8-9-22-23(13-17)32-11-10-31-22/h1-9,12-13,19,24,27,29H,10-11,15H2,(H,28,30)/b18-12+. The molecule has 0 saturated carbocycles. The summed E-state index contributed by atoms with van der Waals surface area (Å²) >= 11 is 0. The molecule has 3 aromatic carbocycles. The molecule has 2 heterocycles. The number of hydrazine groups is 1. The SMILES string of the molecule is N#C/C(=C\C1CNNC1c1ccc2c(c1)OCCO2)C(=O)Nc1cccc2ccccc12. The van der Waals surface area contributed by atoms with Crippen LogP contribution in [0.5, 0.6) is 11.5 Å². The zero-order valence-electron chi connectivity index (χ0n) is 17.3. The van der Waals surface area contributed by atoms with Crippen LogP contribution in [0.25, 0.3) is 10.8 Å². The van der Waals surface area contributed by atoms with E-state index < -0.39 is 5.91 Å². The second kappa shape index (κ2) is 8.71. The van der Waals surface area contributed by atoms with E-state index in [0.29, 0.717) is 31.2 Å².